The van der Waals surface area contributed by atoms with Crippen LogP contribution in [0.1, 0.15) is 24.5 Å². The second-order valence-corrected chi connectivity index (χ2v) is 10.3. The predicted octanol–water partition coefficient (Wildman–Crippen LogP) is 6.35. The van der Waals surface area contributed by atoms with Gasteiger partial charge < -0.3 is 4.74 Å². The summed E-state index contributed by atoms with van der Waals surface area (Å²) in [6, 6.07) is 27.5. The molecule has 1 aliphatic carbocycles. The number of allylic oxidation sites excluding steroid dienone is 2. The Morgan fingerprint density at radius 3 is 2.23 bits per heavy atom. The molecule has 0 unspecified atom stereocenters. The Kier molecular flexibility index (Phi) is 5.76. The molecular formula is C27H23ClNOP. The molecule has 0 saturated carbocycles. The first-order valence-electron chi connectivity index (χ1n) is 10.5. The lowest BCUT2D eigenvalue weighted by atomic mass is 10.1. The molecule has 0 bridgehead atoms. The van der Waals surface area contributed by atoms with Crippen molar-refractivity contribution in [2.24, 2.45) is 4.99 Å². The van der Waals surface area contributed by atoms with E-state index in [1.165, 1.54) is 21.5 Å². The van der Waals surface area contributed by atoms with E-state index in [2.05, 4.69) is 85.8 Å². The van der Waals surface area contributed by atoms with Crippen molar-refractivity contribution in [2.75, 3.05) is 0 Å². The zero-order chi connectivity index (χ0) is 21.2. The maximum Gasteiger partial charge on any atom is 0.218 e. The number of ether oxygens (including phenoxy) is 1. The summed E-state index contributed by atoms with van der Waals surface area (Å²) in [5.41, 5.74) is 3.33. The van der Waals surface area contributed by atoms with E-state index in [4.69, 9.17) is 21.3 Å². The number of fused-ring (bicyclic) bond motifs is 1. The average molecular weight is 444 g/mol. The molecular weight excluding hydrogens is 421 g/mol. The van der Waals surface area contributed by atoms with Crippen LogP contribution in [0.2, 0.25) is 5.02 Å². The lowest BCUT2D eigenvalue weighted by Crippen LogP contribution is -2.16. The molecule has 4 heteroatoms. The van der Waals surface area contributed by atoms with Crippen molar-refractivity contribution in [1.29, 1.82) is 0 Å². The standard InChI is InChI=1S/C27H23ClNOP/c1-19(29-27-26-20(18-30-27)10-8-16-24(26)28)23-15-9-17-25(23)31(21-11-4-2-5-12-21)22-13-6-3-7-14-22/h2-8,10-17,19H,9,18H2,1H3/b29-27-/t19-/m1/s1. The minimum atomic E-state index is -0.644. The van der Waals surface area contributed by atoms with Gasteiger partial charge in [0, 0.05) is 5.56 Å². The normalized spacial score (nSPS) is 17.3. The maximum atomic E-state index is 6.46. The van der Waals surface area contributed by atoms with Crippen LogP contribution < -0.4 is 10.6 Å². The van der Waals surface area contributed by atoms with E-state index >= 15 is 0 Å². The van der Waals surface area contributed by atoms with Crippen molar-refractivity contribution < 1.29 is 4.74 Å². The van der Waals surface area contributed by atoms with Gasteiger partial charge in [0.05, 0.1) is 16.6 Å². The van der Waals surface area contributed by atoms with Gasteiger partial charge in [0.15, 0.2) is 0 Å². The number of benzene rings is 3. The number of aliphatic imine (C=N–C) groups is 1. The Hall–Kier alpha value is -2.67. The summed E-state index contributed by atoms with van der Waals surface area (Å²) in [6.07, 6.45) is 5.62. The Balaban J connectivity index is 1.51. The van der Waals surface area contributed by atoms with Gasteiger partial charge in [-0.15, -0.1) is 0 Å². The van der Waals surface area contributed by atoms with E-state index in [-0.39, 0.29) is 6.04 Å². The Morgan fingerprint density at radius 1 is 0.871 bits per heavy atom. The fourth-order valence-corrected chi connectivity index (χ4v) is 7.09. The molecule has 0 radical (unpaired) electrons. The first-order chi connectivity index (χ1) is 15.2. The number of rotatable bonds is 5. The van der Waals surface area contributed by atoms with Crippen molar-refractivity contribution in [2.45, 2.75) is 26.0 Å². The molecule has 3 aromatic carbocycles. The third-order valence-corrected chi connectivity index (χ3v) is 8.52. The van der Waals surface area contributed by atoms with E-state index in [0.717, 1.165) is 17.5 Å². The quantitative estimate of drug-likeness (QED) is 0.421. The molecule has 0 amide bonds. The van der Waals surface area contributed by atoms with Gasteiger partial charge in [-0.2, -0.15) is 0 Å². The maximum absolute atomic E-state index is 6.46. The van der Waals surface area contributed by atoms with Crippen molar-refractivity contribution >= 4 is 36.0 Å². The molecule has 0 fully saturated rings. The van der Waals surface area contributed by atoms with Crippen LogP contribution in [0.3, 0.4) is 0 Å². The number of nitrogens with zero attached hydrogens (tertiary/aromatic N) is 1. The highest BCUT2D eigenvalue weighted by molar-refractivity contribution is 7.77. The van der Waals surface area contributed by atoms with Gasteiger partial charge in [0.25, 0.3) is 0 Å². The van der Waals surface area contributed by atoms with Gasteiger partial charge in [-0.25, -0.2) is 4.99 Å². The second kappa shape index (κ2) is 8.83. The van der Waals surface area contributed by atoms with Crippen LogP contribution in [-0.4, -0.2) is 11.9 Å². The summed E-state index contributed by atoms with van der Waals surface area (Å²) in [5, 5.41) is 4.80. The number of halogens is 1. The van der Waals surface area contributed by atoms with Crippen LogP contribution in [0.4, 0.5) is 0 Å². The summed E-state index contributed by atoms with van der Waals surface area (Å²) in [7, 11) is -0.644. The molecule has 154 valence electrons. The van der Waals surface area contributed by atoms with Gasteiger partial charge in [-0.3, -0.25) is 0 Å². The van der Waals surface area contributed by atoms with Gasteiger partial charge >= 0.3 is 0 Å². The van der Waals surface area contributed by atoms with E-state index < -0.39 is 7.92 Å². The summed E-state index contributed by atoms with van der Waals surface area (Å²) < 4.78 is 5.92. The average Bonchev–Trinajstić information content (AvgIpc) is 3.44. The van der Waals surface area contributed by atoms with Gasteiger partial charge in [0.2, 0.25) is 5.90 Å². The highest BCUT2D eigenvalue weighted by atomic mass is 35.5. The Labute approximate surface area is 189 Å². The van der Waals surface area contributed by atoms with Gasteiger partial charge in [-0.1, -0.05) is 96.5 Å². The third-order valence-electron chi connectivity index (χ3n) is 5.65. The van der Waals surface area contributed by atoms with Crippen LogP contribution in [0, 0.1) is 0 Å². The highest BCUT2D eigenvalue weighted by Gasteiger charge is 2.28. The van der Waals surface area contributed by atoms with Crippen LogP contribution in [0.25, 0.3) is 0 Å². The molecule has 0 saturated heterocycles. The Morgan fingerprint density at radius 2 is 1.55 bits per heavy atom. The number of hydrogen-bond acceptors (Lipinski definition) is 2. The van der Waals surface area contributed by atoms with Crippen LogP contribution >= 0.6 is 19.5 Å². The summed E-state index contributed by atoms with van der Waals surface area (Å²) in [6.45, 7) is 2.68. The molecule has 1 aliphatic heterocycles. The van der Waals surface area contributed by atoms with E-state index in [0.29, 0.717) is 17.5 Å². The summed E-state index contributed by atoms with van der Waals surface area (Å²) in [4.78, 5) is 4.99. The molecule has 0 spiro atoms. The highest BCUT2D eigenvalue weighted by Crippen LogP contribution is 2.50. The van der Waals surface area contributed by atoms with Crippen molar-refractivity contribution in [1.82, 2.24) is 0 Å². The van der Waals surface area contributed by atoms with E-state index in [9.17, 15) is 0 Å². The Bertz CT molecular complexity index is 1140. The SMILES string of the molecule is C[C@@H](/N=C1\OCc2cccc(Cl)c21)C1=CCC=C1P(c1ccccc1)c1ccccc1. The number of hydrogen-bond donors (Lipinski definition) is 0. The molecule has 31 heavy (non-hydrogen) atoms. The fraction of sp³-hybridized carbons (Fsp3) is 0.148. The first-order valence-corrected chi connectivity index (χ1v) is 12.2. The molecule has 1 heterocycles. The fourth-order valence-electron chi connectivity index (χ4n) is 4.20. The molecule has 0 aromatic heterocycles. The monoisotopic (exact) mass is 443 g/mol. The van der Waals surface area contributed by atoms with Gasteiger partial charge in [-0.05, 0) is 48.8 Å². The zero-order valence-electron chi connectivity index (χ0n) is 17.3. The minimum absolute atomic E-state index is 0.0107. The van der Waals surface area contributed by atoms with Gasteiger partial charge in [0.1, 0.15) is 6.61 Å². The van der Waals surface area contributed by atoms with Crippen molar-refractivity contribution in [3.05, 3.63) is 118 Å². The van der Waals surface area contributed by atoms with Crippen molar-refractivity contribution in [3.63, 3.8) is 0 Å². The first kappa shape index (κ1) is 20.2. The van der Waals surface area contributed by atoms with Crippen molar-refractivity contribution in [3.8, 4) is 0 Å². The van der Waals surface area contributed by atoms with Crippen LogP contribution in [0.15, 0.2) is 107 Å². The second-order valence-electron chi connectivity index (χ2n) is 7.66. The molecule has 3 aromatic rings. The third kappa shape index (κ3) is 3.99. The molecule has 1 atom stereocenters. The lowest BCUT2D eigenvalue weighted by molar-refractivity contribution is 0.310. The van der Waals surface area contributed by atoms with E-state index in [1.807, 2.05) is 12.1 Å². The lowest BCUT2D eigenvalue weighted by Gasteiger charge is -2.24. The van der Waals surface area contributed by atoms with E-state index in [1.54, 1.807) is 0 Å². The van der Waals surface area contributed by atoms with Crippen LogP contribution in [0.5, 0.6) is 0 Å². The molecule has 2 aliphatic rings. The molecule has 2 nitrogen and oxygen atoms in total. The molecule has 0 N–H and O–H groups in total. The van der Waals surface area contributed by atoms with Crippen LogP contribution in [-0.2, 0) is 11.3 Å². The summed E-state index contributed by atoms with van der Waals surface area (Å²) >= 11 is 6.46. The smallest absolute Gasteiger partial charge is 0.218 e. The minimum Gasteiger partial charge on any atom is -0.473 e. The zero-order valence-corrected chi connectivity index (χ0v) is 19.0. The predicted molar refractivity (Wildman–Crippen MR) is 132 cm³/mol. The summed E-state index contributed by atoms with van der Waals surface area (Å²) in [5.74, 6) is 0.656. The molecule has 5 rings (SSSR count). The largest absolute Gasteiger partial charge is 0.473 e. The topological polar surface area (TPSA) is 21.6 Å².